The van der Waals surface area contributed by atoms with Crippen molar-refractivity contribution in [1.29, 1.82) is 0 Å². The Kier molecular flexibility index (Phi) is 3.62. The Hall–Kier alpha value is -2.21. The third kappa shape index (κ3) is 2.97. The van der Waals surface area contributed by atoms with Crippen LogP contribution >= 0.6 is 11.3 Å². The molecule has 0 radical (unpaired) electrons. The van der Waals surface area contributed by atoms with Crippen molar-refractivity contribution in [3.8, 4) is 0 Å². The van der Waals surface area contributed by atoms with Crippen molar-refractivity contribution in [1.82, 2.24) is 4.98 Å². The lowest BCUT2D eigenvalue weighted by Gasteiger charge is -2.05. The zero-order chi connectivity index (χ0) is 14.0. The quantitative estimate of drug-likeness (QED) is 0.903. The summed E-state index contributed by atoms with van der Waals surface area (Å²) in [7, 11) is 0. The fourth-order valence-corrected chi connectivity index (χ4v) is 2.60. The first-order valence-electron chi connectivity index (χ1n) is 5.55. The van der Waals surface area contributed by atoms with Gasteiger partial charge in [-0.15, -0.1) is 11.3 Å². The maximum atomic E-state index is 12.1. The minimum Gasteiger partial charge on any atom is -0.477 e. The fourth-order valence-electron chi connectivity index (χ4n) is 1.68. The molecule has 19 heavy (non-hydrogen) atoms. The molecule has 2 N–H and O–H groups in total. The number of carboxylic acids is 1. The Morgan fingerprint density at radius 1 is 1.32 bits per heavy atom. The highest BCUT2D eigenvalue weighted by atomic mass is 32.1. The number of hydrogen-bond acceptors (Lipinski definition) is 4. The molecule has 0 unspecified atom stereocenters. The first-order valence-corrected chi connectivity index (χ1v) is 6.37. The van der Waals surface area contributed by atoms with Crippen molar-refractivity contribution in [2.45, 2.75) is 13.8 Å². The molecule has 0 spiro atoms. The smallest absolute Gasteiger partial charge is 0.354 e. The summed E-state index contributed by atoms with van der Waals surface area (Å²) in [4.78, 5) is 28.5. The molecule has 0 saturated heterocycles. The van der Waals surface area contributed by atoms with Crippen molar-refractivity contribution in [2.75, 3.05) is 5.32 Å². The van der Waals surface area contributed by atoms with Crippen LogP contribution in [0.2, 0.25) is 0 Å². The van der Waals surface area contributed by atoms with Crippen LogP contribution in [0.3, 0.4) is 0 Å². The molecular formula is C13H12N2O3S. The molecule has 0 bridgehead atoms. The van der Waals surface area contributed by atoms with Crippen LogP contribution in [-0.2, 0) is 0 Å². The average Bonchev–Trinajstić information content (AvgIpc) is 2.69. The van der Waals surface area contributed by atoms with E-state index < -0.39 is 5.97 Å². The van der Waals surface area contributed by atoms with E-state index in [0.717, 1.165) is 9.75 Å². The predicted molar refractivity (Wildman–Crippen MR) is 72.9 cm³/mol. The Morgan fingerprint density at radius 3 is 2.63 bits per heavy atom. The second kappa shape index (κ2) is 5.19. The maximum Gasteiger partial charge on any atom is 0.354 e. The van der Waals surface area contributed by atoms with Gasteiger partial charge in [0.05, 0.1) is 5.56 Å². The predicted octanol–water partition coefficient (Wildman–Crippen LogP) is 2.71. The van der Waals surface area contributed by atoms with Gasteiger partial charge >= 0.3 is 5.97 Å². The van der Waals surface area contributed by atoms with Crippen molar-refractivity contribution in [2.24, 2.45) is 0 Å². The van der Waals surface area contributed by atoms with Crippen molar-refractivity contribution in [3.05, 3.63) is 45.4 Å². The number of nitrogens with zero attached hydrogens (tertiary/aromatic N) is 1. The Morgan fingerprint density at radius 2 is 2.05 bits per heavy atom. The van der Waals surface area contributed by atoms with Crippen LogP contribution in [0.5, 0.6) is 0 Å². The number of hydrogen-bond donors (Lipinski definition) is 2. The minimum atomic E-state index is -1.13. The number of aromatic carboxylic acids is 1. The molecule has 6 heteroatoms. The number of aromatic nitrogens is 1. The van der Waals surface area contributed by atoms with Crippen LogP contribution in [0.4, 0.5) is 5.69 Å². The normalized spacial score (nSPS) is 10.2. The molecule has 2 aromatic rings. The number of carbonyl (C=O) groups excluding carboxylic acids is 1. The standard InChI is InChI=1S/C13H12N2O3S/c1-7-5-10(8(2)19-7)12(16)15-9-3-4-14-11(6-9)13(17)18/h3-6H,1-2H3,(H,17,18)(H,14,15,16). The molecule has 0 aliphatic heterocycles. The number of carbonyl (C=O) groups is 2. The molecule has 0 atom stereocenters. The van der Waals surface area contributed by atoms with E-state index in [-0.39, 0.29) is 11.6 Å². The summed E-state index contributed by atoms with van der Waals surface area (Å²) in [6, 6.07) is 4.70. The topological polar surface area (TPSA) is 79.3 Å². The van der Waals surface area contributed by atoms with Gasteiger partial charge in [-0.25, -0.2) is 9.78 Å². The van der Waals surface area contributed by atoms with Gasteiger partial charge < -0.3 is 10.4 Å². The summed E-state index contributed by atoms with van der Waals surface area (Å²) in [6.45, 7) is 3.81. The highest BCUT2D eigenvalue weighted by molar-refractivity contribution is 7.12. The Bertz CT molecular complexity index is 649. The SMILES string of the molecule is Cc1cc(C(=O)Nc2ccnc(C(=O)O)c2)c(C)s1. The number of thiophene rings is 1. The molecule has 2 heterocycles. The first-order chi connectivity index (χ1) is 8.97. The van der Waals surface area contributed by atoms with Gasteiger partial charge in [-0.1, -0.05) is 0 Å². The van der Waals surface area contributed by atoms with Gasteiger partial charge in [-0.05, 0) is 32.0 Å². The number of anilines is 1. The number of nitrogens with one attached hydrogen (secondary N) is 1. The van der Waals surface area contributed by atoms with Gasteiger partial charge in [-0.3, -0.25) is 4.79 Å². The summed E-state index contributed by atoms with van der Waals surface area (Å²) >= 11 is 1.55. The van der Waals surface area contributed by atoms with Crippen LogP contribution < -0.4 is 5.32 Å². The number of pyridine rings is 1. The molecule has 0 aliphatic carbocycles. The number of rotatable bonds is 3. The largest absolute Gasteiger partial charge is 0.477 e. The zero-order valence-corrected chi connectivity index (χ0v) is 11.2. The Labute approximate surface area is 113 Å². The maximum absolute atomic E-state index is 12.1. The van der Waals surface area contributed by atoms with Crippen molar-refractivity contribution in [3.63, 3.8) is 0 Å². The van der Waals surface area contributed by atoms with Gasteiger partial charge in [0.25, 0.3) is 5.91 Å². The second-order valence-corrected chi connectivity index (χ2v) is 5.48. The molecule has 2 rings (SSSR count). The zero-order valence-electron chi connectivity index (χ0n) is 10.4. The van der Waals surface area contributed by atoms with E-state index in [9.17, 15) is 9.59 Å². The first kappa shape index (κ1) is 13.2. The van der Waals surface area contributed by atoms with E-state index in [2.05, 4.69) is 10.3 Å². The summed E-state index contributed by atoms with van der Waals surface area (Å²) in [5.74, 6) is -1.37. The third-order valence-corrected chi connectivity index (χ3v) is 3.49. The summed E-state index contributed by atoms with van der Waals surface area (Å²) in [6.07, 6.45) is 1.35. The highest BCUT2D eigenvalue weighted by Crippen LogP contribution is 2.21. The molecule has 0 aromatic carbocycles. The lowest BCUT2D eigenvalue weighted by atomic mass is 10.2. The van der Waals surface area contributed by atoms with Crippen LogP contribution in [0.15, 0.2) is 24.4 Å². The van der Waals surface area contributed by atoms with Gasteiger partial charge in [0, 0.05) is 21.6 Å². The molecule has 5 nitrogen and oxygen atoms in total. The monoisotopic (exact) mass is 276 g/mol. The molecule has 1 amide bonds. The Balaban J connectivity index is 2.21. The van der Waals surface area contributed by atoms with Crippen LogP contribution in [0.1, 0.15) is 30.6 Å². The summed E-state index contributed by atoms with van der Waals surface area (Å²) in [5.41, 5.74) is 0.924. The van der Waals surface area contributed by atoms with Crippen molar-refractivity contribution >= 4 is 28.9 Å². The van der Waals surface area contributed by atoms with Crippen molar-refractivity contribution < 1.29 is 14.7 Å². The van der Waals surface area contributed by atoms with Gasteiger partial charge in [-0.2, -0.15) is 0 Å². The second-order valence-electron chi connectivity index (χ2n) is 4.02. The van der Waals surface area contributed by atoms with Crippen LogP contribution in [0.25, 0.3) is 0 Å². The third-order valence-electron chi connectivity index (χ3n) is 2.52. The summed E-state index contributed by atoms with van der Waals surface area (Å²) in [5, 5.41) is 11.5. The average molecular weight is 276 g/mol. The number of carboxylic acid groups (broad SMARTS) is 1. The molecular weight excluding hydrogens is 264 g/mol. The summed E-state index contributed by atoms with van der Waals surface area (Å²) < 4.78 is 0. The van der Waals surface area contributed by atoms with E-state index in [1.54, 1.807) is 17.4 Å². The van der Waals surface area contributed by atoms with Gasteiger partial charge in [0.15, 0.2) is 0 Å². The van der Waals surface area contributed by atoms with E-state index >= 15 is 0 Å². The molecule has 0 aliphatic rings. The van der Waals surface area contributed by atoms with E-state index in [0.29, 0.717) is 11.3 Å². The highest BCUT2D eigenvalue weighted by Gasteiger charge is 2.13. The van der Waals surface area contributed by atoms with Crippen LogP contribution in [-0.4, -0.2) is 22.0 Å². The van der Waals surface area contributed by atoms with E-state index in [1.807, 2.05) is 19.9 Å². The van der Waals surface area contributed by atoms with Crippen LogP contribution in [0, 0.1) is 13.8 Å². The lowest BCUT2D eigenvalue weighted by Crippen LogP contribution is -2.13. The van der Waals surface area contributed by atoms with Gasteiger partial charge in [0.2, 0.25) is 0 Å². The number of amides is 1. The fraction of sp³-hybridized carbons (Fsp3) is 0.154. The van der Waals surface area contributed by atoms with E-state index in [4.69, 9.17) is 5.11 Å². The molecule has 98 valence electrons. The minimum absolute atomic E-state index is 0.101. The molecule has 2 aromatic heterocycles. The molecule has 0 saturated carbocycles. The van der Waals surface area contributed by atoms with Gasteiger partial charge in [0.1, 0.15) is 5.69 Å². The molecule has 0 fully saturated rings. The number of aryl methyl sites for hydroxylation is 2. The lowest BCUT2D eigenvalue weighted by molar-refractivity contribution is 0.0690. The van der Waals surface area contributed by atoms with E-state index in [1.165, 1.54) is 12.3 Å².